The Balaban J connectivity index is 0.00000169. The maximum Gasteiger partial charge on any atom is 0.00105 e. The van der Waals surface area contributed by atoms with Crippen molar-refractivity contribution in [1.82, 2.24) is 0 Å². The molecule has 0 saturated heterocycles. The van der Waals surface area contributed by atoms with E-state index in [9.17, 15) is 0 Å². The van der Waals surface area contributed by atoms with Crippen molar-refractivity contribution in [1.29, 1.82) is 0 Å². The number of hydrogen-bond acceptors (Lipinski definition) is 1. The lowest BCUT2D eigenvalue weighted by Crippen LogP contribution is -2.24. The Kier molecular flexibility index (Phi) is 6.08. The first-order valence-corrected chi connectivity index (χ1v) is 5.75. The summed E-state index contributed by atoms with van der Waals surface area (Å²) in [5.41, 5.74) is 6.38. The quantitative estimate of drug-likeness (QED) is 0.769. The first kappa shape index (κ1) is 14.2. The van der Waals surface area contributed by atoms with Crippen LogP contribution < -0.4 is 5.73 Å². The fourth-order valence-electron chi connectivity index (χ4n) is 2.60. The molecule has 2 atom stereocenters. The molecule has 1 aliphatic carbocycles. The van der Waals surface area contributed by atoms with Gasteiger partial charge in [-0.25, -0.2) is 0 Å². The lowest BCUT2D eigenvalue weighted by atomic mass is 9.71. The molecule has 14 heavy (non-hydrogen) atoms. The standard InChI is InChI=1S/C12H25N.ClH/c1-10(13)6-7-11-5-4-8-12(2,3)9-11;/h10-11H,4-9,13H2,1-3H3;1H. The predicted molar refractivity (Wildman–Crippen MR) is 65.9 cm³/mol. The second kappa shape index (κ2) is 5.97. The minimum atomic E-state index is 0. The fraction of sp³-hybridized carbons (Fsp3) is 1.00. The van der Waals surface area contributed by atoms with Gasteiger partial charge in [0.05, 0.1) is 0 Å². The van der Waals surface area contributed by atoms with Gasteiger partial charge in [-0.1, -0.05) is 26.7 Å². The Morgan fingerprint density at radius 3 is 2.57 bits per heavy atom. The molecule has 1 nitrogen and oxygen atoms in total. The number of hydrogen-bond donors (Lipinski definition) is 1. The molecular weight excluding hydrogens is 194 g/mol. The van der Waals surface area contributed by atoms with E-state index in [2.05, 4.69) is 20.8 Å². The van der Waals surface area contributed by atoms with Crippen molar-refractivity contribution in [3.63, 3.8) is 0 Å². The Bertz CT molecular complexity index is 154. The molecule has 0 amide bonds. The summed E-state index contributed by atoms with van der Waals surface area (Å²) in [6, 6.07) is 0.394. The highest BCUT2D eigenvalue weighted by molar-refractivity contribution is 5.85. The highest BCUT2D eigenvalue weighted by atomic mass is 35.5. The van der Waals surface area contributed by atoms with Gasteiger partial charge in [-0.3, -0.25) is 0 Å². The monoisotopic (exact) mass is 219 g/mol. The summed E-state index contributed by atoms with van der Waals surface area (Å²) in [6.07, 6.45) is 8.26. The van der Waals surface area contributed by atoms with E-state index in [1.165, 1.54) is 38.5 Å². The topological polar surface area (TPSA) is 26.0 Å². The molecule has 0 bridgehead atoms. The summed E-state index contributed by atoms with van der Waals surface area (Å²) in [7, 11) is 0. The van der Waals surface area contributed by atoms with Crippen molar-refractivity contribution in [2.24, 2.45) is 17.1 Å². The molecule has 2 unspecified atom stereocenters. The third-order valence-electron chi connectivity index (χ3n) is 3.34. The molecule has 0 radical (unpaired) electrons. The van der Waals surface area contributed by atoms with Crippen molar-refractivity contribution in [3.05, 3.63) is 0 Å². The second-order valence-electron chi connectivity index (χ2n) is 5.68. The molecule has 0 heterocycles. The summed E-state index contributed by atoms with van der Waals surface area (Å²) in [6.45, 7) is 6.93. The molecule has 0 aromatic rings. The average Bonchev–Trinajstić information content (AvgIpc) is 1.99. The maximum absolute atomic E-state index is 5.78. The van der Waals surface area contributed by atoms with Crippen LogP contribution in [0.1, 0.15) is 59.3 Å². The highest BCUT2D eigenvalue weighted by Gasteiger charge is 2.27. The molecule has 1 rings (SSSR count). The van der Waals surface area contributed by atoms with E-state index in [0.717, 1.165) is 5.92 Å². The Hall–Kier alpha value is 0.250. The summed E-state index contributed by atoms with van der Waals surface area (Å²) < 4.78 is 0. The summed E-state index contributed by atoms with van der Waals surface area (Å²) in [5, 5.41) is 0. The van der Waals surface area contributed by atoms with Crippen molar-refractivity contribution in [2.45, 2.75) is 65.3 Å². The maximum atomic E-state index is 5.78. The summed E-state index contributed by atoms with van der Waals surface area (Å²) >= 11 is 0. The first-order valence-electron chi connectivity index (χ1n) is 5.75. The van der Waals surface area contributed by atoms with Gasteiger partial charge < -0.3 is 5.73 Å². The van der Waals surface area contributed by atoms with Crippen LogP contribution in [0.25, 0.3) is 0 Å². The van der Waals surface area contributed by atoms with Gasteiger partial charge in [0.2, 0.25) is 0 Å². The molecule has 0 spiro atoms. The largest absolute Gasteiger partial charge is 0.328 e. The minimum Gasteiger partial charge on any atom is -0.328 e. The van der Waals surface area contributed by atoms with Crippen molar-refractivity contribution >= 4 is 12.4 Å². The number of halogens is 1. The van der Waals surface area contributed by atoms with Crippen LogP contribution in [-0.4, -0.2) is 6.04 Å². The third-order valence-corrected chi connectivity index (χ3v) is 3.34. The molecule has 2 N–H and O–H groups in total. The van der Waals surface area contributed by atoms with E-state index in [1.54, 1.807) is 0 Å². The van der Waals surface area contributed by atoms with Crippen LogP contribution >= 0.6 is 12.4 Å². The van der Waals surface area contributed by atoms with Gasteiger partial charge in [-0.2, -0.15) is 0 Å². The normalized spacial score (nSPS) is 27.9. The van der Waals surface area contributed by atoms with E-state index < -0.39 is 0 Å². The van der Waals surface area contributed by atoms with Crippen LogP contribution in [0.5, 0.6) is 0 Å². The van der Waals surface area contributed by atoms with Crippen LogP contribution in [0.2, 0.25) is 0 Å². The molecule has 0 aromatic carbocycles. The van der Waals surface area contributed by atoms with Gasteiger partial charge in [-0.05, 0) is 43.9 Å². The van der Waals surface area contributed by atoms with E-state index in [4.69, 9.17) is 5.73 Å². The molecule has 86 valence electrons. The molecule has 1 aliphatic rings. The molecule has 1 fully saturated rings. The molecule has 2 heteroatoms. The zero-order valence-corrected chi connectivity index (χ0v) is 10.7. The zero-order valence-electron chi connectivity index (χ0n) is 9.88. The van der Waals surface area contributed by atoms with Gasteiger partial charge in [0.25, 0.3) is 0 Å². The lowest BCUT2D eigenvalue weighted by Gasteiger charge is -2.35. The molecule has 0 aliphatic heterocycles. The van der Waals surface area contributed by atoms with Gasteiger partial charge in [0.15, 0.2) is 0 Å². The van der Waals surface area contributed by atoms with E-state index in [-0.39, 0.29) is 12.4 Å². The van der Waals surface area contributed by atoms with Gasteiger partial charge in [0, 0.05) is 6.04 Å². The van der Waals surface area contributed by atoms with Crippen molar-refractivity contribution in [2.75, 3.05) is 0 Å². The fourth-order valence-corrected chi connectivity index (χ4v) is 2.60. The second-order valence-corrected chi connectivity index (χ2v) is 5.68. The number of rotatable bonds is 3. The number of nitrogens with two attached hydrogens (primary N) is 1. The highest BCUT2D eigenvalue weighted by Crippen LogP contribution is 2.40. The van der Waals surface area contributed by atoms with E-state index in [1.807, 2.05) is 0 Å². The van der Waals surface area contributed by atoms with Crippen LogP contribution in [0.15, 0.2) is 0 Å². The van der Waals surface area contributed by atoms with Crippen LogP contribution in [0, 0.1) is 11.3 Å². The summed E-state index contributed by atoms with van der Waals surface area (Å²) in [5.74, 6) is 0.953. The SMILES string of the molecule is CC(N)CCC1CCCC(C)(C)C1.Cl. The van der Waals surface area contributed by atoms with Crippen LogP contribution in [0.3, 0.4) is 0 Å². The molecule has 0 aromatic heterocycles. The van der Waals surface area contributed by atoms with Crippen molar-refractivity contribution < 1.29 is 0 Å². The van der Waals surface area contributed by atoms with Crippen LogP contribution in [-0.2, 0) is 0 Å². The Morgan fingerprint density at radius 2 is 2.07 bits per heavy atom. The van der Waals surface area contributed by atoms with E-state index in [0.29, 0.717) is 11.5 Å². The Labute approximate surface area is 95.2 Å². The molecule has 1 saturated carbocycles. The molecular formula is C12H26ClN. The predicted octanol–water partition coefficient (Wildman–Crippen LogP) is 3.75. The third kappa shape index (κ3) is 5.21. The Morgan fingerprint density at radius 1 is 1.43 bits per heavy atom. The smallest absolute Gasteiger partial charge is 0.00105 e. The lowest BCUT2D eigenvalue weighted by molar-refractivity contribution is 0.170. The zero-order chi connectivity index (χ0) is 9.90. The first-order chi connectivity index (χ1) is 5.99. The van der Waals surface area contributed by atoms with Gasteiger partial charge in [0.1, 0.15) is 0 Å². The van der Waals surface area contributed by atoms with Crippen LogP contribution in [0.4, 0.5) is 0 Å². The summed E-state index contributed by atoms with van der Waals surface area (Å²) in [4.78, 5) is 0. The van der Waals surface area contributed by atoms with E-state index >= 15 is 0 Å². The van der Waals surface area contributed by atoms with Crippen molar-refractivity contribution in [3.8, 4) is 0 Å². The minimum absolute atomic E-state index is 0. The average molecular weight is 220 g/mol. The van der Waals surface area contributed by atoms with Gasteiger partial charge in [-0.15, -0.1) is 12.4 Å². The van der Waals surface area contributed by atoms with Gasteiger partial charge >= 0.3 is 0 Å².